The maximum atomic E-state index is 2.36. The van der Waals surface area contributed by atoms with Gasteiger partial charge in [0.1, 0.15) is 0 Å². The van der Waals surface area contributed by atoms with Crippen molar-refractivity contribution >= 4 is 11.1 Å². The number of benzene rings is 2. The summed E-state index contributed by atoms with van der Waals surface area (Å²) in [4.78, 5) is 0. The summed E-state index contributed by atoms with van der Waals surface area (Å²) >= 11 is 0. The van der Waals surface area contributed by atoms with E-state index in [1.54, 1.807) is 11.1 Å². The van der Waals surface area contributed by atoms with Gasteiger partial charge in [0.15, 0.2) is 0 Å². The Bertz CT molecular complexity index is 731. The molecule has 2 atom stereocenters. The number of allylic oxidation sites excluding steroid dienone is 2. The van der Waals surface area contributed by atoms with E-state index in [2.05, 4.69) is 62.4 Å². The van der Waals surface area contributed by atoms with Crippen molar-refractivity contribution in [2.24, 2.45) is 11.8 Å². The summed E-state index contributed by atoms with van der Waals surface area (Å²) in [5.41, 5.74) is 8.91. The van der Waals surface area contributed by atoms with Gasteiger partial charge in [-0.3, -0.25) is 0 Å². The molecule has 26 heavy (non-hydrogen) atoms. The Morgan fingerprint density at radius 2 is 1.19 bits per heavy atom. The number of aryl methyl sites for hydroxylation is 2. The van der Waals surface area contributed by atoms with Crippen LogP contribution in [0.1, 0.15) is 75.1 Å². The lowest BCUT2D eigenvalue weighted by Gasteiger charge is -2.31. The molecule has 0 amide bonds. The van der Waals surface area contributed by atoms with Crippen molar-refractivity contribution in [1.82, 2.24) is 0 Å². The first-order chi connectivity index (χ1) is 12.7. The summed E-state index contributed by atoms with van der Waals surface area (Å²) in [6.07, 6.45) is 7.97. The molecule has 1 fully saturated rings. The minimum Gasteiger partial charge on any atom is -0.0683 e. The van der Waals surface area contributed by atoms with Crippen LogP contribution in [0.25, 0.3) is 11.1 Å². The second-order valence-electron chi connectivity index (χ2n) is 7.73. The number of fused-ring (bicyclic) bond motifs is 1. The Labute approximate surface area is 160 Å². The van der Waals surface area contributed by atoms with Gasteiger partial charge >= 0.3 is 0 Å². The van der Waals surface area contributed by atoms with E-state index in [0.717, 1.165) is 18.3 Å². The van der Waals surface area contributed by atoms with Gasteiger partial charge in [0.25, 0.3) is 0 Å². The molecule has 0 aromatic heterocycles. The van der Waals surface area contributed by atoms with Crippen molar-refractivity contribution in [2.45, 2.75) is 66.2 Å². The van der Waals surface area contributed by atoms with Gasteiger partial charge in [-0.1, -0.05) is 81.3 Å². The van der Waals surface area contributed by atoms with Crippen LogP contribution >= 0.6 is 0 Å². The van der Waals surface area contributed by atoms with E-state index in [1.807, 2.05) is 13.8 Å². The number of hydrogen-bond donors (Lipinski definition) is 0. The topological polar surface area (TPSA) is 0 Å². The molecule has 0 saturated heterocycles. The lowest BCUT2D eigenvalue weighted by Crippen LogP contribution is -2.16. The van der Waals surface area contributed by atoms with Crippen molar-refractivity contribution in [1.29, 1.82) is 0 Å². The monoisotopic (exact) mass is 346 g/mol. The minimum absolute atomic E-state index is 0.917. The van der Waals surface area contributed by atoms with Crippen molar-refractivity contribution in [3.05, 3.63) is 70.8 Å². The van der Waals surface area contributed by atoms with Crippen LogP contribution in [-0.2, 0) is 6.42 Å². The number of rotatable bonds is 3. The van der Waals surface area contributed by atoms with Gasteiger partial charge in [-0.2, -0.15) is 0 Å². The van der Waals surface area contributed by atoms with E-state index in [4.69, 9.17) is 0 Å². The molecule has 138 valence electrons. The van der Waals surface area contributed by atoms with Crippen molar-refractivity contribution in [3.63, 3.8) is 0 Å². The van der Waals surface area contributed by atoms with Crippen LogP contribution < -0.4 is 0 Å². The molecule has 0 aliphatic heterocycles. The van der Waals surface area contributed by atoms with E-state index in [0.29, 0.717) is 0 Å². The zero-order valence-electron chi connectivity index (χ0n) is 17.0. The Morgan fingerprint density at radius 1 is 0.731 bits per heavy atom. The lowest BCUT2D eigenvalue weighted by molar-refractivity contribution is 0.392. The molecular formula is C26H34. The maximum absolute atomic E-state index is 2.36. The van der Waals surface area contributed by atoms with Crippen molar-refractivity contribution in [3.8, 4) is 0 Å². The van der Waals surface area contributed by atoms with Crippen molar-refractivity contribution in [2.75, 3.05) is 0 Å². The fourth-order valence-electron chi connectivity index (χ4n) is 4.70. The quantitative estimate of drug-likeness (QED) is 0.534. The molecule has 0 bridgehead atoms. The van der Waals surface area contributed by atoms with Gasteiger partial charge in [0.05, 0.1) is 0 Å². The molecule has 0 radical (unpaired) electrons. The molecule has 2 aromatic rings. The SMILES string of the molecule is CC.CCc1ccc(C2=C(c3ccc(C)cc3)CC3CCCC3C2)cc1. The predicted octanol–water partition coefficient (Wildman–Crippen LogP) is 7.70. The van der Waals surface area contributed by atoms with E-state index in [-0.39, 0.29) is 0 Å². The first-order valence-electron chi connectivity index (χ1n) is 10.6. The van der Waals surface area contributed by atoms with Crippen molar-refractivity contribution < 1.29 is 0 Å². The van der Waals surface area contributed by atoms with Crippen LogP contribution in [0.3, 0.4) is 0 Å². The molecule has 0 heterocycles. The molecule has 0 N–H and O–H groups in total. The molecule has 4 rings (SSSR count). The highest BCUT2D eigenvalue weighted by molar-refractivity contribution is 5.92. The molecule has 2 aliphatic carbocycles. The van der Waals surface area contributed by atoms with Gasteiger partial charge < -0.3 is 0 Å². The van der Waals surface area contributed by atoms with Crippen LogP contribution in [-0.4, -0.2) is 0 Å². The van der Waals surface area contributed by atoms with Gasteiger partial charge in [-0.05, 0) is 78.7 Å². The molecule has 1 saturated carbocycles. The summed E-state index contributed by atoms with van der Waals surface area (Å²) in [7, 11) is 0. The molecule has 2 aromatic carbocycles. The second kappa shape index (κ2) is 8.71. The molecule has 0 heteroatoms. The Kier molecular flexibility index (Phi) is 6.35. The molecule has 0 spiro atoms. The van der Waals surface area contributed by atoms with Gasteiger partial charge in [-0.15, -0.1) is 0 Å². The zero-order chi connectivity index (χ0) is 18.5. The molecular weight excluding hydrogens is 312 g/mol. The average Bonchev–Trinajstić information content (AvgIpc) is 3.17. The lowest BCUT2D eigenvalue weighted by atomic mass is 9.74. The minimum atomic E-state index is 0.917. The summed E-state index contributed by atoms with van der Waals surface area (Å²) in [5, 5.41) is 0. The van der Waals surface area contributed by atoms with Gasteiger partial charge in [0.2, 0.25) is 0 Å². The van der Waals surface area contributed by atoms with E-state index in [1.165, 1.54) is 54.4 Å². The highest BCUT2D eigenvalue weighted by Crippen LogP contribution is 2.49. The van der Waals surface area contributed by atoms with Gasteiger partial charge in [0, 0.05) is 0 Å². The first-order valence-corrected chi connectivity index (χ1v) is 10.6. The fraction of sp³-hybridized carbons (Fsp3) is 0.462. The maximum Gasteiger partial charge on any atom is -0.0221 e. The van der Waals surface area contributed by atoms with Crippen LogP contribution in [0, 0.1) is 18.8 Å². The van der Waals surface area contributed by atoms with Gasteiger partial charge in [-0.25, -0.2) is 0 Å². The zero-order valence-corrected chi connectivity index (χ0v) is 17.0. The summed E-state index contributed by atoms with van der Waals surface area (Å²) in [5.74, 6) is 1.83. The second-order valence-corrected chi connectivity index (χ2v) is 7.73. The third-order valence-electron chi connectivity index (χ3n) is 6.22. The fourth-order valence-corrected chi connectivity index (χ4v) is 4.70. The van der Waals surface area contributed by atoms with E-state index < -0.39 is 0 Å². The third-order valence-corrected chi connectivity index (χ3v) is 6.22. The molecule has 2 aliphatic rings. The smallest absolute Gasteiger partial charge is 0.0221 e. The summed E-state index contributed by atoms with van der Waals surface area (Å²) in [6.45, 7) is 8.41. The molecule has 2 unspecified atom stereocenters. The van der Waals surface area contributed by atoms with Crippen LogP contribution in [0.15, 0.2) is 48.5 Å². The van der Waals surface area contributed by atoms with Crippen LogP contribution in [0.4, 0.5) is 0 Å². The van der Waals surface area contributed by atoms with Crippen LogP contribution in [0.5, 0.6) is 0 Å². The highest BCUT2D eigenvalue weighted by Gasteiger charge is 2.34. The first kappa shape index (κ1) is 19.0. The van der Waals surface area contributed by atoms with E-state index in [9.17, 15) is 0 Å². The summed E-state index contributed by atoms with van der Waals surface area (Å²) in [6, 6.07) is 18.5. The Balaban J connectivity index is 0.000000948. The number of hydrogen-bond acceptors (Lipinski definition) is 0. The molecule has 0 nitrogen and oxygen atoms in total. The van der Waals surface area contributed by atoms with E-state index >= 15 is 0 Å². The largest absolute Gasteiger partial charge is 0.0683 e. The standard InChI is InChI=1S/C24H28.C2H6/c1-3-18-9-13-20(14-10-18)24-16-22-6-4-5-21(22)15-23(24)19-11-7-17(2)8-12-19;1-2/h7-14,21-22H,3-6,15-16H2,1-2H3;1-2H3. The Hall–Kier alpha value is -1.82. The summed E-state index contributed by atoms with van der Waals surface area (Å²) < 4.78 is 0. The third kappa shape index (κ3) is 3.95. The van der Waals surface area contributed by atoms with Crippen LogP contribution in [0.2, 0.25) is 0 Å². The normalized spacial score (nSPS) is 21.8. The Morgan fingerprint density at radius 3 is 1.65 bits per heavy atom. The highest BCUT2D eigenvalue weighted by atomic mass is 14.4. The predicted molar refractivity (Wildman–Crippen MR) is 115 cm³/mol. The average molecular weight is 347 g/mol.